The molecule has 0 aliphatic carbocycles. The lowest BCUT2D eigenvalue weighted by Gasteiger charge is -2.19. The highest BCUT2D eigenvalue weighted by Gasteiger charge is 2.14. The van der Waals surface area contributed by atoms with E-state index in [4.69, 9.17) is 15.6 Å². The molecule has 2 aromatic carbocycles. The van der Waals surface area contributed by atoms with Gasteiger partial charge in [-0.05, 0) is 40.8 Å². The molecular weight excluding hydrogens is 290 g/mol. The summed E-state index contributed by atoms with van der Waals surface area (Å²) in [5.41, 5.74) is 7.97. The van der Waals surface area contributed by atoms with E-state index in [2.05, 4.69) is 32.9 Å². The topological polar surface area (TPSA) is 72.5 Å². The van der Waals surface area contributed by atoms with Gasteiger partial charge < -0.3 is 15.6 Å². The van der Waals surface area contributed by atoms with E-state index in [-0.39, 0.29) is 11.8 Å². The van der Waals surface area contributed by atoms with Gasteiger partial charge in [-0.15, -0.1) is 0 Å². The smallest absolute Gasteiger partial charge is 0.305 e. The van der Waals surface area contributed by atoms with Gasteiger partial charge in [-0.3, -0.25) is 4.79 Å². The van der Waals surface area contributed by atoms with Crippen LogP contribution in [0.4, 0.5) is 0 Å². The van der Waals surface area contributed by atoms with Crippen molar-refractivity contribution in [3.8, 4) is 11.5 Å². The monoisotopic (exact) mass is 313 g/mol. The molecule has 4 nitrogen and oxygen atoms in total. The van der Waals surface area contributed by atoms with Crippen LogP contribution in [0.5, 0.6) is 11.5 Å². The van der Waals surface area contributed by atoms with E-state index in [0.717, 1.165) is 11.3 Å². The number of carbonyl (C=O) groups is 1. The summed E-state index contributed by atoms with van der Waals surface area (Å²) in [4.78, 5) is 10.8. The minimum Gasteiger partial charge on any atom is -0.481 e. The Morgan fingerprint density at radius 2 is 1.78 bits per heavy atom. The predicted octanol–water partition coefficient (Wildman–Crippen LogP) is 4.25. The zero-order valence-electron chi connectivity index (χ0n) is 13.7. The zero-order chi connectivity index (χ0) is 17.0. The molecule has 0 saturated carbocycles. The number of rotatable bonds is 5. The summed E-state index contributed by atoms with van der Waals surface area (Å²) in [6.07, 6.45) is -0.107. The lowest BCUT2D eigenvalue weighted by atomic mass is 9.87. The molecule has 0 aliphatic rings. The predicted molar refractivity (Wildman–Crippen MR) is 90.8 cm³/mol. The molecule has 122 valence electrons. The van der Waals surface area contributed by atoms with Crippen LogP contribution in [0.25, 0.3) is 0 Å². The Balaban J connectivity index is 2.13. The number of ether oxygens (including phenoxy) is 1. The van der Waals surface area contributed by atoms with Crippen molar-refractivity contribution in [3.63, 3.8) is 0 Å². The van der Waals surface area contributed by atoms with Gasteiger partial charge in [-0.2, -0.15) is 0 Å². The van der Waals surface area contributed by atoms with Gasteiger partial charge in [0.05, 0.1) is 6.42 Å². The Labute approximate surface area is 136 Å². The first-order chi connectivity index (χ1) is 10.8. The molecule has 0 saturated heterocycles. The van der Waals surface area contributed by atoms with Crippen LogP contribution in [0, 0.1) is 0 Å². The second kappa shape index (κ2) is 6.84. The average molecular weight is 313 g/mol. The van der Waals surface area contributed by atoms with Crippen LogP contribution in [-0.4, -0.2) is 11.1 Å². The Bertz CT molecular complexity index is 672. The quantitative estimate of drug-likeness (QED) is 0.865. The Morgan fingerprint density at radius 1 is 1.13 bits per heavy atom. The molecule has 4 heteroatoms. The number of nitrogens with two attached hydrogens (primary N) is 1. The van der Waals surface area contributed by atoms with E-state index < -0.39 is 12.0 Å². The van der Waals surface area contributed by atoms with Crippen molar-refractivity contribution in [1.29, 1.82) is 0 Å². The average Bonchev–Trinajstić information content (AvgIpc) is 2.46. The minimum absolute atomic E-state index is 0.0993. The van der Waals surface area contributed by atoms with Gasteiger partial charge in [0, 0.05) is 6.04 Å². The van der Waals surface area contributed by atoms with Crippen molar-refractivity contribution in [1.82, 2.24) is 0 Å². The van der Waals surface area contributed by atoms with Crippen LogP contribution < -0.4 is 10.5 Å². The molecule has 0 aromatic heterocycles. The number of hydrogen-bond donors (Lipinski definition) is 2. The normalized spacial score (nSPS) is 12.7. The first-order valence-corrected chi connectivity index (χ1v) is 7.61. The Kier molecular flexibility index (Phi) is 5.06. The zero-order valence-corrected chi connectivity index (χ0v) is 13.7. The van der Waals surface area contributed by atoms with Crippen molar-refractivity contribution >= 4 is 5.97 Å². The molecule has 23 heavy (non-hydrogen) atoms. The highest BCUT2D eigenvalue weighted by Crippen LogP contribution is 2.28. The lowest BCUT2D eigenvalue weighted by molar-refractivity contribution is -0.137. The van der Waals surface area contributed by atoms with E-state index in [1.807, 2.05) is 30.3 Å². The third-order valence-electron chi connectivity index (χ3n) is 3.64. The number of carboxylic acids is 1. The van der Waals surface area contributed by atoms with Crippen molar-refractivity contribution in [2.24, 2.45) is 5.73 Å². The molecule has 0 aliphatic heterocycles. The molecule has 0 radical (unpaired) electrons. The van der Waals surface area contributed by atoms with Crippen molar-refractivity contribution < 1.29 is 14.6 Å². The van der Waals surface area contributed by atoms with Gasteiger partial charge in [0.25, 0.3) is 0 Å². The third-order valence-corrected chi connectivity index (χ3v) is 3.64. The molecule has 3 N–H and O–H groups in total. The first-order valence-electron chi connectivity index (χ1n) is 7.61. The largest absolute Gasteiger partial charge is 0.481 e. The van der Waals surface area contributed by atoms with Crippen LogP contribution in [0.2, 0.25) is 0 Å². The van der Waals surface area contributed by atoms with E-state index in [9.17, 15) is 4.79 Å². The highest BCUT2D eigenvalue weighted by atomic mass is 16.5. The minimum atomic E-state index is -0.915. The summed E-state index contributed by atoms with van der Waals surface area (Å²) < 4.78 is 5.84. The summed E-state index contributed by atoms with van der Waals surface area (Å²) in [5.74, 6) is 0.468. The van der Waals surface area contributed by atoms with Gasteiger partial charge >= 0.3 is 5.97 Å². The standard InChI is InChI=1S/C19H23NO3/c1-19(2,3)14-7-9-15(10-8-14)23-16-6-4-5-13(11-16)17(20)12-18(21)22/h4-11,17H,12,20H2,1-3H3,(H,21,22). The van der Waals surface area contributed by atoms with Gasteiger partial charge in [-0.1, -0.05) is 45.0 Å². The molecule has 0 heterocycles. The third kappa shape index (κ3) is 4.83. The second-order valence-electron chi connectivity index (χ2n) is 6.65. The molecule has 2 rings (SSSR count). The molecule has 0 bridgehead atoms. The van der Waals surface area contributed by atoms with Gasteiger partial charge in [-0.25, -0.2) is 0 Å². The van der Waals surface area contributed by atoms with Gasteiger partial charge in [0.1, 0.15) is 11.5 Å². The van der Waals surface area contributed by atoms with E-state index in [0.29, 0.717) is 5.75 Å². The fraction of sp³-hybridized carbons (Fsp3) is 0.316. The van der Waals surface area contributed by atoms with E-state index >= 15 is 0 Å². The number of hydrogen-bond acceptors (Lipinski definition) is 3. The summed E-state index contributed by atoms with van der Waals surface area (Å²) >= 11 is 0. The maximum absolute atomic E-state index is 10.8. The highest BCUT2D eigenvalue weighted by molar-refractivity contribution is 5.67. The Hall–Kier alpha value is -2.33. The van der Waals surface area contributed by atoms with E-state index in [1.165, 1.54) is 5.56 Å². The van der Waals surface area contributed by atoms with E-state index in [1.54, 1.807) is 6.07 Å². The summed E-state index contributed by atoms with van der Waals surface area (Å²) in [5, 5.41) is 8.83. The molecule has 0 amide bonds. The summed E-state index contributed by atoms with van der Waals surface area (Å²) in [6, 6.07) is 14.7. The van der Waals surface area contributed by atoms with Crippen LogP contribution in [0.15, 0.2) is 48.5 Å². The Morgan fingerprint density at radius 3 is 2.35 bits per heavy atom. The number of aliphatic carboxylic acids is 1. The lowest BCUT2D eigenvalue weighted by Crippen LogP contribution is -2.14. The molecule has 2 aromatic rings. The van der Waals surface area contributed by atoms with Crippen LogP contribution >= 0.6 is 0 Å². The first kappa shape index (κ1) is 17.0. The number of benzene rings is 2. The number of carboxylic acid groups (broad SMARTS) is 1. The maximum Gasteiger partial charge on any atom is 0.305 e. The van der Waals surface area contributed by atoms with Crippen LogP contribution in [0.1, 0.15) is 44.4 Å². The summed E-state index contributed by atoms with van der Waals surface area (Å²) in [7, 11) is 0. The van der Waals surface area contributed by atoms with Crippen molar-refractivity contribution in [2.45, 2.75) is 38.6 Å². The maximum atomic E-state index is 10.8. The molecule has 0 fully saturated rings. The second-order valence-corrected chi connectivity index (χ2v) is 6.65. The van der Waals surface area contributed by atoms with Gasteiger partial charge in [0.2, 0.25) is 0 Å². The summed E-state index contributed by atoms with van der Waals surface area (Å²) in [6.45, 7) is 6.49. The SMILES string of the molecule is CC(C)(C)c1ccc(Oc2cccc(C(N)CC(=O)O)c2)cc1. The van der Waals surface area contributed by atoms with Crippen LogP contribution in [0.3, 0.4) is 0 Å². The molecule has 1 unspecified atom stereocenters. The fourth-order valence-electron chi connectivity index (χ4n) is 2.27. The van der Waals surface area contributed by atoms with Gasteiger partial charge in [0.15, 0.2) is 0 Å². The van der Waals surface area contributed by atoms with Crippen molar-refractivity contribution in [3.05, 3.63) is 59.7 Å². The molecule has 0 spiro atoms. The molecule has 1 atom stereocenters. The van der Waals surface area contributed by atoms with Crippen LogP contribution in [-0.2, 0) is 10.2 Å². The fourth-order valence-corrected chi connectivity index (χ4v) is 2.27. The molecular formula is C19H23NO3. The van der Waals surface area contributed by atoms with Crippen molar-refractivity contribution in [2.75, 3.05) is 0 Å².